The van der Waals surface area contributed by atoms with Crippen molar-refractivity contribution in [2.45, 2.75) is 20.3 Å². The Morgan fingerprint density at radius 1 is 1.10 bits per heavy atom. The minimum atomic E-state index is 0.573. The molecule has 1 saturated heterocycles. The summed E-state index contributed by atoms with van der Waals surface area (Å²) in [6.07, 6.45) is 0.916. The molecule has 0 spiro atoms. The van der Waals surface area contributed by atoms with Crippen LogP contribution in [-0.4, -0.2) is 47.7 Å². The molecule has 0 saturated carbocycles. The van der Waals surface area contributed by atoms with Gasteiger partial charge in [0, 0.05) is 40.7 Å². The first-order chi connectivity index (χ1) is 15.2. The highest BCUT2D eigenvalue weighted by Gasteiger charge is 2.22. The van der Waals surface area contributed by atoms with Crippen LogP contribution in [0.1, 0.15) is 19.4 Å². The molecule has 4 aromatic rings. The Bertz CT molecular complexity index is 1230. The number of hydrogen-bond acceptors (Lipinski definition) is 7. The number of thiophene rings is 1. The predicted octanol–water partition coefficient (Wildman–Crippen LogP) is 4.88. The molecular weight excluding hydrogens is 521 g/mol. The van der Waals surface area contributed by atoms with Crippen LogP contribution in [0.2, 0.25) is 0 Å². The fourth-order valence-electron chi connectivity index (χ4n) is 3.96. The zero-order valence-electron chi connectivity index (χ0n) is 17.6. The van der Waals surface area contributed by atoms with Gasteiger partial charge in [0.1, 0.15) is 15.0 Å². The second kappa shape index (κ2) is 8.84. The monoisotopic (exact) mass is 545 g/mol. The molecule has 0 bridgehead atoms. The number of anilines is 1. The van der Waals surface area contributed by atoms with E-state index in [-0.39, 0.29) is 0 Å². The van der Waals surface area contributed by atoms with Gasteiger partial charge in [-0.25, -0.2) is 9.97 Å². The van der Waals surface area contributed by atoms with Crippen molar-refractivity contribution in [1.82, 2.24) is 20.3 Å². The fraction of sp³-hybridized carbons (Fsp3) is 0.348. The van der Waals surface area contributed by atoms with Crippen molar-refractivity contribution < 1.29 is 4.74 Å². The molecule has 6 nitrogen and oxygen atoms in total. The van der Waals surface area contributed by atoms with E-state index in [2.05, 4.69) is 70.1 Å². The van der Waals surface area contributed by atoms with Crippen molar-refractivity contribution in [2.75, 3.05) is 37.7 Å². The lowest BCUT2D eigenvalue weighted by atomic mass is 10.0. The van der Waals surface area contributed by atoms with E-state index in [1.807, 2.05) is 6.92 Å². The first kappa shape index (κ1) is 20.8. The molecule has 3 aromatic heterocycles. The molecule has 4 heterocycles. The number of ether oxygens (including phenoxy) is 1. The Labute approximate surface area is 199 Å². The summed E-state index contributed by atoms with van der Waals surface area (Å²) in [6, 6.07) is 10.7. The quantitative estimate of drug-likeness (QED) is 0.361. The molecule has 0 amide bonds. The first-order valence-corrected chi connectivity index (χ1v) is 12.6. The van der Waals surface area contributed by atoms with E-state index in [0.29, 0.717) is 12.5 Å². The summed E-state index contributed by atoms with van der Waals surface area (Å²) in [4.78, 5) is 18.1. The maximum Gasteiger partial charge on any atom is 0.236 e. The number of benzene rings is 1. The Hall–Kier alpha value is -2.04. The topological polar surface area (TPSA) is 63.2 Å². The lowest BCUT2D eigenvalue weighted by Gasteiger charge is -2.27. The van der Waals surface area contributed by atoms with E-state index in [0.717, 1.165) is 70.2 Å². The van der Waals surface area contributed by atoms with Gasteiger partial charge in [-0.2, -0.15) is 4.98 Å². The summed E-state index contributed by atoms with van der Waals surface area (Å²) in [5.74, 6) is 1.42. The van der Waals surface area contributed by atoms with Crippen molar-refractivity contribution in [2.24, 2.45) is 0 Å². The number of piperazine rings is 1. The zero-order chi connectivity index (χ0) is 21.4. The van der Waals surface area contributed by atoms with Crippen LogP contribution in [0, 0.1) is 3.57 Å². The third kappa shape index (κ3) is 3.96. The molecule has 0 radical (unpaired) electrons. The van der Waals surface area contributed by atoms with E-state index in [1.165, 1.54) is 9.13 Å². The summed E-state index contributed by atoms with van der Waals surface area (Å²) >= 11 is 3.96. The van der Waals surface area contributed by atoms with Gasteiger partial charge in [-0.3, -0.25) is 0 Å². The van der Waals surface area contributed by atoms with Crippen molar-refractivity contribution in [3.8, 4) is 17.1 Å². The van der Waals surface area contributed by atoms with Crippen LogP contribution in [0.15, 0.2) is 30.3 Å². The van der Waals surface area contributed by atoms with Crippen LogP contribution in [0.5, 0.6) is 5.88 Å². The van der Waals surface area contributed by atoms with Crippen LogP contribution in [0.25, 0.3) is 31.7 Å². The van der Waals surface area contributed by atoms with Crippen LogP contribution in [-0.2, 0) is 6.42 Å². The van der Waals surface area contributed by atoms with Gasteiger partial charge >= 0.3 is 0 Å². The van der Waals surface area contributed by atoms with Crippen LogP contribution >= 0.6 is 33.9 Å². The predicted molar refractivity (Wildman–Crippen MR) is 136 cm³/mol. The lowest BCUT2D eigenvalue weighted by Crippen LogP contribution is -2.44. The first-order valence-electron chi connectivity index (χ1n) is 10.7. The second-order valence-corrected chi connectivity index (χ2v) is 9.73. The average molecular weight is 545 g/mol. The number of fused-ring (bicyclic) bond motifs is 3. The van der Waals surface area contributed by atoms with Gasteiger partial charge in [0.25, 0.3) is 0 Å². The molecule has 160 valence electrons. The maximum atomic E-state index is 5.97. The van der Waals surface area contributed by atoms with Crippen LogP contribution < -0.4 is 15.0 Å². The Morgan fingerprint density at radius 3 is 2.58 bits per heavy atom. The zero-order valence-corrected chi connectivity index (χ0v) is 20.6. The summed E-state index contributed by atoms with van der Waals surface area (Å²) in [6.45, 7) is 8.44. The van der Waals surface area contributed by atoms with Crippen molar-refractivity contribution in [3.05, 3.63) is 39.5 Å². The highest BCUT2D eigenvalue weighted by atomic mass is 127. The normalized spacial score (nSPS) is 14.5. The standard InChI is InChI=1S/C23H24IN5OS/c1-3-14-13-17(15-5-7-16(24)8-6-15)26-22-18(14)19-20(31-22)21(30-4-2)28-23(27-19)29-11-9-25-10-12-29/h5-8,13,25H,3-4,9-12H2,1-2H3. The molecule has 1 aliphatic heterocycles. The Kier molecular flexibility index (Phi) is 5.94. The van der Waals surface area contributed by atoms with E-state index < -0.39 is 0 Å². The SMILES string of the molecule is CCOc1nc(N2CCNCC2)nc2c1sc1nc(-c3ccc(I)cc3)cc(CC)c12. The van der Waals surface area contributed by atoms with E-state index in [9.17, 15) is 0 Å². The molecule has 1 aromatic carbocycles. The molecule has 8 heteroatoms. The molecular formula is C23H24IN5OS. The molecule has 1 N–H and O–H groups in total. The molecule has 0 aliphatic carbocycles. The number of aromatic nitrogens is 3. The highest BCUT2D eigenvalue weighted by molar-refractivity contribution is 14.1. The fourth-order valence-corrected chi connectivity index (χ4v) is 5.43. The average Bonchev–Trinajstić information content (AvgIpc) is 3.18. The smallest absolute Gasteiger partial charge is 0.236 e. The molecule has 0 atom stereocenters. The second-order valence-electron chi connectivity index (χ2n) is 7.49. The molecule has 0 unspecified atom stereocenters. The number of nitrogens with one attached hydrogen (secondary N) is 1. The van der Waals surface area contributed by atoms with Crippen LogP contribution in [0.4, 0.5) is 5.95 Å². The lowest BCUT2D eigenvalue weighted by molar-refractivity contribution is 0.331. The van der Waals surface area contributed by atoms with Crippen molar-refractivity contribution >= 4 is 60.3 Å². The molecule has 1 fully saturated rings. The van der Waals surface area contributed by atoms with Gasteiger partial charge in [-0.05, 0) is 59.7 Å². The van der Waals surface area contributed by atoms with E-state index in [4.69, 9.17) is 19.7 Å². The minimum Gasteiger partial charge on any atom is -0.477 e. The Balaban J connectivity index is 1.73. The van der Waals surface area contributed by atoms with Crippen molar-refractivity contribution in [3.63, 3.8) is 0 Å². The number of aryl methyl sites for hydroxylation is 1. The number of pyridine rings is 1. The summed E-state index contributed by atoms with van der Waals surface area (Å²) in [7, 11) is 0. The summed E-state index contributed by atoms with van der Waals surface area (Å²) in [5.41, 5.74) is 4.36. The van der Waals surface area contributed by atoms with Gasteiger partial charge in [0.2, 0.25) is 11.8 Å². The Morgan fingerprint density at radius 2 is 1.87 bits per heavy atom. The van der Waals surface area contributed by atoms with Gasteiger partial charge < -0.3 is 15.0 Å². The van der Waals surface area contributed by atoms with E-state index >= 15 is 0 Å². The molecule has 31 heavy (non-hydrogen) atoms. The van der Waals surface area contributed by atoms with Gasteiger partial charge in [-0.15, -0.1) is 11.3 Å². The van der Waals surface area contributed by atoms with Gasteiger partial charge in [-0.1, -0.05) is 19.1 Å². The molecule has 5 rings (SSSR count). The molecule has 1 aliphatic rings. The van der Waals surface area contributed by atoms with Crippen molar-refractivity contribution in [1.29, 1.82) is 0 Å². The number of halogens is 1. The number of nitrogens with zero attached hydrogens (tertiary/aromatic N) is 4. The summed E-state index contributed by atoms with van der Waals surface area (Å²) in [5, 5.41) is 4.53. The van der Waals surface area contributed by atoms with Crippen LogP contribution in [0.3, 0.4) is 0 Å². The highest BCUT2D eigenvalue weighted by Crippen LogP contribution is 2.40. The van der Waals surface area contributed by atoms with Gasteiger partial charge in [0.15, 0.2) is 0 Å². The largest absolute Gasteiger partial charge is 0.477 e. The number of hydrogen-bond donors (Lipinski definition) is 1. The van der Waals surface area contributed by atoms with Gasteiger partial charge in [0.05, 0.1) is 12.3 Å². The number of rotatable bonds is 5. The summed E-state index contributed by atoms with van der Waals surface area (Å²) < 4.78 is 8.17. The minimum absolute atomic E-state index is 0.573. The third-order valence-corrected chi connectivity index (χ3v) is 7.31. The van der Waals surface area contributed by atoms with E-state index in [1.54, 1.807) is 11.3 Å². The maximum absolute atomic E-state index is 5.97. The third-order valence-electron chi connectivity index (χ3n) is 5.53.